The zero-order chi connectivity index (χ0) is 21.1. The summed E-state index contributed by atoms with van der Waals surface area (Å²) in [5.74, 6) is 0.393. The van der Waals surface area contributed by atoms with Crippen molar-refractivity contribution in [3.63, 3.8) is 0 Å². The summed E-state index contributed by atoms with van der Waals surface area (Å²) in [6.45, 7) is 0. The van der Waals surface area contributed by atoms with Crippen molar-refractivity contribution in [2.45, 2.75) is 12.6 Å². The third-order valence-electron chi connectivity index (χ3n) is 5.26. The van der Waals surface area contributed by atoms with Gasteiger partial charge in [-0.1, -0.05) is 18.2 Å². The van der Waals surface area contributed by atoms with Crippen LogP contribution in [0.25, 0.3) is 11.5 Å². The molecule has 0 fully saturated rings. The fraction of sp³-hybridized carbons (Fsp3) is 0.100. The second-order valence-electron chi connectivity index (χ2n) is 6.97. The van der Waals surface area contributed by atoms with Crippen LogP contribution in [-0.4, -0.2) is 32.8 Å². The SMILES string of the molecule is N#CN1C=C2N(c3ccccc3C3N=CN(c4noc(-c5ccc(F)cc5)n4)N23)C1F. The van der Waals surface area contributed by atoms with Gasteiger partial charge in [0.05, 0.1) is 11.9 Å². The van der Waals surface area contributed by atoms with Crippen LogP contribution in [0.4, 0.5) is 20.4 Å². The van der Waals surface area contributed by atoms with E-state index in [1.165, 1.54) is 46.7 Å². The highest BCUT2D eigenvalue weighted by Gasteiger charge is 2.48. The van der Waals surface area contributed by atoms with Crippen molar-refractivity contribution in [3.8, 4) is 17.6 Å². The Morgan fingerprint density at radius 1 is 1.10 bits per heavy atom. The van der Waals surface area contributed by atoms with Crippen LogP contribution in [0.1, 0.15) is 11.7 Å². The third kappa shape index (κ3) is 2.42. The largest absolute Gasteiger partial charge is 0.332 e. The Kier molecular flexibility index (Phi) is 3.52. The normalized spacial score (nSPS) is 21.0. The van der Waals surface area contributed by atoms with Crippen molar-refractivity contribution in [3.05, 3.63) is 71.9 Å². The van der Waals surface area contributed by atoms with Gasteiger partial charge in [0, 0.05) is 11.1 Å². The van der Waals surface area contributed by atoms with E-state index in [9.17, 15) is 9.65 Å². The lowest BCUT2D eigenvalue weighted by atomic mass is 10.1. The Labute approximate surface area is 174 Å². The molecule has 3 aliphatic rings. The zero-order valence-electron chi connectivity index (χ0n) is 15.7. The van der Waals surface area contributed by atoms with E-state index in [0.717, 1.165) is 10.5 Å². The maximum atomic E-state index is 15.1. The van der Waals surface area contributed by atoms with Gasteiger partial charge >= 0.3 is 0 Å². The number of aromatic nitrogens is 2. The van der Waals surface area contributed by atoms with Crippen LogP contribution in [0.2, 0.25) is 0 Å². The van der Waals surface area contributed by atoms with Gasteiger partial charge < -0.3 is 4.52 Å². The number of hydrogen-bond acceptors (Lipinski definition) is 9. The molecule has 0 saturated carbocycles. The van der Waals surface area contributed by atoms with Gasteiger partial charge in [-0.05, 0) is 35.5 Å². The van der Waals surface area contributed by atoms with Crippen LogP contribution in [0.5, 0.6) is 0 Å². The molecule has 0 radical (unpaired) electrons. The highest BCUT2D eigenvalue weighted by atomic mass is 19.1. The Bertz CT molecular complexity index is 1280. The fourth-order valence-corrected chi connectivity index (χ4v) is 3.87. The minimum atomic E-state index is -1.69. The number of para-hydroxylation sites is 1. The molecular formula is C20H12F2N8O. The van der Waals surface area contributed by atoms with E-state index in [0.29, 0.717) is 17.1 Å². The predicted molar refractivity (Wildman–Crippen MR) is 105 cm³/mol. The van der Waals surface area contributed by atoms with E-state index in [2.05, 4.69) is 15.1 Å². The van der Waals surface area contributed by atoms with Crippen LogP contribution >= 0.6 is 0 Å². The van der Waals surface area contributed by atoms with E-state index in [-0.39, 0.29) is 17.7 Å². The van der Waals surface area contributed by atoms with Crippen molar-refractivity contribution >= 4 is 18.0 Å². The highest BCUT2D eigenvalue weighted by molar-refractivity contribution is 5.80. The van der Waals surface area contributed by atoms with Crippen molar-refractivity contribution in [2.75, 3.05) is 9.91 Å². The molecule has 9 nitrogen and oxygen atoms in total. The summed E-state index contributed by atoms with van der Waals surface area (Å²) < 4.78 is 33.6. The number of hydrogen-bond donors (Lipinski definition) is 0. The van der Waals surface area contributed by atoms with Crippen molar-refractivity contribution < 1.29 is 13.3 Å². The molecule has 4 heterocycles. The molecule has 2 unspecified atom stereocenters. The molecule has 0 N–H and O–H groups in total. The van der Waals surface area contributed by atoms with Gasteiger partial charge in [0.2, 0.25) is 0 Å². The monoisotopic (exact) mass is 418 g/mol. The first-order valence-corrected chi connectivity index (χ1v) is 9.29. The smallest absolute Gasteiger partial charge is 0.291 e. The molecule has 2 aromatic carbocycles. The van der Waals surface area contributed by atoms with Crippen LogP contribution < -0.4 is 9.91 Å². The molecule has 0 spiro atoms. The van der Waals surface area contributed by atoms with E-state index in [1.54, 1.807) is 17.1 Å². The summed E-state index contributed by atoms with van der Waals surface area (Å²) in [7, 11) is 0. The van der Waals surface area contributed by atoms with Crippen LogP contribution in [0.15, 0.2) is 70.1 Å². The lowest BCUT2D eigenvalue weighted by Crippen LogP contribution is -2.49. The van der Waals surface area contributed by atoms with Gasteiger partial charge in [-0.25, -0.2) is 24.3 Å². The molecule has 0 saturated heterocycles. The number of aliphatic imine (C=N–C) groups is 1. The number of nitriles is 1. The van der Waals surface area contributed by atoms with Gasteiger partial charge in [-0.15, -0.1) is 0 Å². The molecule has 2 atom stereocenters. The maximum Gasteiger partial charge on any atom is 0.291 e. The van der Waals surface area contributed by atoms with Gasteiger partial charge in [0.15, 0.2) is 18.2 Å². The van der Waals surface area contributed by atoms with Crippen molar-refractivity contribution in [1.82, 2.24) is 20.0 Å². The van der Waals surface area contributed by atoms with Crippen molar-refractivity contribution in [1.29, 1.82) is 5.26 Å². The molecule has 1 aromatic heterocycles. The second kappa shape index (κ2) is 6.27. The van der Waals surface area contributed by atoms with Gasteiger partial charge in [-0.3, -0.25) is 4.90 Å². The van der Waals surface area contributed by atoms with E-state index < -0.39 is 12.6 Å². The standard InChI is InChI=1S/C20H12F2N8O/c21-13-7-5-12(6-8-13)18-25-20(26-31-18)28-11-24-17-14-3-1-2-4-15(14)29-16(30(17)28)9-27(10-23)19(29)22/h1-9,11,17,19H. The van der Waals surface area contributed by atoms with E-state index in [1.807, 2.05) is 18.3 Å². The van der Waals surface area contributed by atoms with E-state index >= 15 is 4.39 Å². The molecule has 3 aromatic rings. The first-order chi connectivity index (χ1) is 15.2. The molecule has 152 valence electrons. The minimum Gasteiger partial charge on any atom is -0.332 e. The number of rotatable bonds is 2. The average molecular weight is 418 g/mol. The summed E-state index contributed by atoms with van der Waals surface area (Å²) in [6.07, 6.45) is 2.59. The Morgan fingerprint density at radius 2 is 1.90 bits per heavy atom. The van der Waals surface area contributed by atoms with Crippen LogP contribution in [0.3, 0.4) is 0 Å². The number of benzene rings is 2. The first-order valence-electron chi connectivity index (χ1n) is 9.29. The molecule has 6 rings (SSSR count). The topological polar surface area (TPSA) is 88.0 Å². The maximum absolute atomic E-state index is 15.1. The molecule has 0 aliphatic carbocycles. The molecule has 11 heteroatoms. The third-order valence-corrected chi connectivity index (χ3v) is 5.26. The summed E-state index contributed by atoms with van der Waals surface area (Å²) in [5.41, 5.74) is 1.94. The quantitative estimate of drug-likeness (QED) is 0.463. The first kappa shape index (κ1) is 17.4. The van der Waals surface area contributed by atoms with Crippen LogP contribution in [-0.2, 0) is 0 Å². The second-order valence-corrected chi connectivity index (χ2v) is 6.97. The molecule has 3 aliphatic heterocycles. The summed E-state index contributed by atoms with van der Waals surface area (Å²) in [5, 5.41) is 16.6. The zero-order valence-corrected chi connectivity index (χ0v) is 15.7. The fourth-order valence-electron chi connectivity index (χ4n) is 3.87. The lowest BCUT2D eigenvalue weighted by Gasteiger charge is -2.42. The van der Waals surface area contributed by atoms with E-state index in [4.69, 9.17) is 4.52 Å². The number of halogens is 2. The molecule has 0 amide bonds. The summed E-state index contributed by atoms with van der Waals surface area (Å²) in [6, 6.07) is 12.9. The number of alkyl halides is 1. The number of fused-ring (bicyclic) bond motifs is 6. The van der Waals surface area contributed by atoms with Crippen LogP contribution in [0, 0.1) is 17.3 Å². The predicted octanol–water partition coefficient (Wildman–Crippen LogP) is 3.31. The number of hydrazine groups is 1. The lowest BCUT2D eigenvalue weighted by molar-refractivity contribution is 0.191. The van der Waals surface area contributed by atoms with Gasteiger partial charge in [0.25, 0.3) is 18.3 Å². The Hall–Kier alpha value is -4.46. The summed E-state index contributed by atoms with van der Waals surface area (Å²) >= 11 is 0. The van der Waals surface area contributed by atoms with Gasteiger partial charge in [0.1, 0.15) is 12.2 Å². The highest BCUT2D eigenvalue weighted by Crippen LogP contribution is 2.48. The molecule has 31 heavy (non-hydrogen) atoms. The Balaban J connectivity index is 1.42. The minimum absolute atomic E-state index is 0.164. The Morgan fingerprint density at radius 3 is 2.71 bits per heavy atom. The number of anilines is 2. The summed E-state index contributed by atoms with van der Waals surface area (Å²) in [4.78, 5) is 11.3. The number of nitrogens with zero attached hydrogens (tertiary/aromatic N) is 8. The molecule has 0 bridgehead atoms. The average Bonchev–Trinajstić information content (AvgIpc) is 3.51. The van der Waals surface area contributed by atoms with Gasteiger partial charge in [-0.2, -0.15) is 14.6 Å². The van der Waals surface area contributed by atoms with Crippen molar-refractivity contribution in [2.24, 2.45) is 4.99 Å². The molecular weight excluding hydrogens is 406 g/mol.